The molecule has 0 aliphatic carbocycles. The van der Waals surface area contributed by atoms with Crippen LogP contribution in [0.4, 0.5) is 26.3 Å². The Morgan fingerprint density at radius 1 is 0.950 bits per heavy atom. The van der Waals surface area contributed by atoms with Crippen LogP contribution >= 0.6 is 0 Å². The van der Waals surface area contributed by atoms with E-state index in [1.54, 1.807) is 24.3 Å². The zero-order valence-electron chi connectivity index (χ0n) is 20.6. The first kappa shape index (κ1) is 32.8. The summed E-state index contributed by atoms with van der Waals surface area (Å²) < 4.78 is 97.4. The molecule has 40 heavy (non-hydrogen) atoms. The van der Waals surface area contributed by atoms with Crippen LogP contribution in [0.5, 0.6) is 5.75 Å². The van der Waals surface area contributed by atoms with E-state index in [1.165, 1.54) is 5.56 Å². The van der Waals surface area contributed by atoms with Crippen molar-refractivity contribution in [3.05, 3.63) is 54.4 Å². The SMILES string of the molecule is O=C(O)C(F)(F)F.O=C(O)C(F)(F)F.O=S1(=O)NCC2(CCN(Cc3ccncc3)CC2)COc2ccccc21. The number of carboxylic acids is 2. The third-order valence-corrected chi connectivity index (χ3v) is 7.31. The topological polar surface area (TPSA) is 146 Å². The highest BCUT2D eigenvalue weighted by molar-refractivity contribution is 7.89. The molecule has 3 N–H and O–H groups in total. The van der Waals surface area contributed by atoms with E-state index in [2.05, 4.69) is 14.6 Å². The Balaban J connectivity index is 0.000000333. The summed E-state index contributed by atoms with van der Waals surface area (Å²) in [5.41, 5.74) is 1.09. The Morgan fingerprint density at radius 3 is 1.95 bits per heavy atom. The van der Waals surface area contributed by atoms with Gasteiger partial charge in [0, 0.05) is 30.9 Å². The summed E-state index contributed by atoms with van der Waals surface area (Å²) in [6.07, 6.45) is -4.73. The number of sulfonamides is 1. The number of benzene rings is 1. The third kappa shape index (κ3) is 9.95. The fraction of sp³-hybridized carbons (Fsp3) is 0.435. The van der Waals surface area contributed by atoms with Crippen molar-refractivity contribution in [3.8, 4) is 5.75 Å². The second-order valence-corrected chi connectivity index (χ2v) is 10.5. The molecule has 1 aromatic carbocycles. The first-order chi connectivity index (χ1) is 18.5. The Hall–Kier alpha value is -3.44. The largest absolute Gasteiger partial charge is 0.492 e. The number of nitrogens with zero attached hydrogens (tertiary/aromatic N) is 2. The number of aromatic nitrogens is 1. The highest BCUT2D eigenvalue weighted by Crippen LogP contribution is 2.36. The van der Waals surface area contributed by atoms with Crippen LogP contribution < -0.4 is 9.46 Å². The molecule has 0 radical (unpaired) electrons. The molecule has 10 nitrogen and oxygen atoms in total. The van der Waals surface area contributed by atoms with Crippen molar-refractivity contribution in [3.63, 3.8) is 0 Å². The number of piperidine rings is 1. The molecule has 0 bridgehead atoms. The molecule has 0 unspecified atom stereocenters. The van der Waals surface area contributed by atoms with Gasteiger partial charge in [0.1, 0.15) is 10.6 Å². The van der Waals surface area contributed by atoms with E-state index in [1.807, 2.05) is 24.5 Å². The zero-order chi connectivity index (χ0) is 30.2. The maximum absolute atomic E-state index is 12.6. The number of nitrogens with one attached hydrogen (secondary N) is 1. The lowest BCUT2D eigenvalue weighted by Gasteiger charge is -2.42. The van der Waals surface area contributed by atoms with Crippen LogP contribution in [-0.2, 0) is 26.2 Å². The number of hydrogen-bond donors (Lipinski definition) is 3. The first-order valence-electron chi connectivity index (χ1n) is 11.4. The molecular weight excluding hydrogens is 576 g/mol. The molecule has 1 aromatic heterocycles. The van der Waals surface area contributed by atoms with E-state index >= 15 is 0 Å². The van der Waals surface area contributed by atoms with Gasteiger partial charge in [-0.05, 0) is 55.8 Å². The summed E-state index contributed by atoms with van der Waals surface area (Å²) >= 11 is 0. The number of carbonyl (C=O) groups is 2. The summed E-state index contributed by atoms with van der Waals surface area (Å²) in [5.74, 6) is -5.07. The van der Waals surface area contributed by atoms with Gasteiger partial charge in [0.05, 0.1) is 6.61 Å². The minimum atomic E-state index is -5.08. The van der Waals surface area contributed by atoms with Gasteiger partial charge in [0.15, 0.2) is 0 Å². The zero-order valence-corrected chi connectivity index (χ0v) is 21.4. The number of rotatable bonds is 2. The minimum absolute atomic E-state index is 0.157. The van der Waals surface area contributed by atoms with Gasteiger partial charge in [-0.2, -0.15) is 26.3 Å². The lowest BCUT2D eigenvalue weighted by Crippen LogP contribution is -2.49. The predicted octanol–water partition coefficient (Wildman–Crippen LogP) is 3.30. The third-order valence-electron chi connectivity index (χ3n) is 5.87. The highest BCUT2D eigenvalue weighted by Gasteiger charge is 2.40. The molecule has 4 rings (SSSR count). The molecule has 0 saturated carbocycles. The molecule has 0 atom stereocenters. The van der Waals surface area contributed by atoms with Gasteiger partial charge < -0.3 is 14.9 Å². The number of para-hydroxylation sites is 1. The van der Waals surface area contributed by atoms with E-state index in [-0.39, 0.29) is 10.3 Å². The number of alkyl halides is 6. The maximum Gasteiger partial charge on any atom is 0.490 e. The average molecular weight is 602 g/mol. The smallest absolute Gasteiger partial charge is 0.490 e. The highest BCUT2D eigenvalue weighted by atomic mass is 32.2. The van der Waals surface area contributed by atoms with Crippen molar-refractivity contribution >= 4 is 22.0 Å². The number of hydrogen-bond acceptors (Lipinski definition) is 7. The van der Waals surface area contributed by atoms with E-state index < -0.39 is 34.3 Å². The second kappa shape index (κ2) is 13.3. The van der Waals surface area contributed by atoms with Crippen molar-refractivity contribution < 1.29 is 59.3 Å². The molecule has 3 heterocycles. The predicted molar refractivity (Wildman–Crippen MR) is 126 cm³/mol. The summed E-state index contributed by atoms with van der Waals surface area (Å²) in [7, 11) is -3.53. The summed E-state index contributed by atoms with van der Waals surface area (Å²) in [5, 5.41) is 14.2. The van der Waals surface area contributed by atoms with E-state index in [0.29, 0.717) is 18.9 Å². The fourth-order valence-corrected chi connectivity index (χ4v) is 4.95. The molecule has 2 aliphatic heterocycles. The minimum Gasteiger partial charge on any atom is -0.492 e. The van der Waals surface area contributed by atoms with Crippen LogP contribution in [0.2, 0.25) is 0 Å². The number of halogens is 6. The van der Waals surface area contributed by atoms with Crippen molar-refractivity contribution in [1.29, 1.82) is 0 Å². The van der Waals surface area contributed by atoms with E-state index in [0.717, 1.165) is 32.5 Å². The van der Waals surface area contributed by atoms with Crippen LogP contribution in [0.15, 0.2) is 53.7 Å². The summed E-state index contributed by atoms with van der Waals surface area (Å²) in [4.78, 5) is 24.5. The van der Waals surface area contributed by atoms with Crippen LogP contribution in [0.1, 0.15) is 18.4 Å². The van der Waals surface area contributed by atoms with Crippen LogP contribution in [0.3, 0.4) is 0 Å². The standard InChI is InChI=1S/C19H23N3O3S.2C2HF3O2/c23-26(24)18-4-2-1-3-17(18)25-15-19(14-21-26)7-11-22(12-8-19)13-16-5-9-20-10-6-16;2*3-2(4,5)1(6)7/h1-6,9-10,21H,7-8,11-15H2;2*(H,6,7). The monoisotopic (exact) mass is 601 g/mol. The lowest BCUT2D eigenvalue weighted by molar-refractivity contribution is -0.193. The number of pyridine rings is 1. The molecular formula is C23H25F6N3O7S. The molecule has 1 fully saturated rings. The normalized spacial score (nSPS) is 18.2. The van der Waals surface area contributed by atoms with Crippen LogP contribution in [-0.4, -0.2) is 79.0 Å². The average Bonchev–Trinajstić information content (AvgIpc) is 2.87. The lowest BCUT2D eigenvalue weighted by atomic mass is 9.79. The molecule has 1 saturated heterocycles. The van der Waals surface area contributed by atoms with Gasteiger partial charge in [0.2, 0.25) is 10.0 Å². The molecule has 222 valence electrons. The Labute approximate surface area is 224 Å². The molecule has 17 heteroatoms. The van der Waals surface area contributed by atoms with Crippen LogP contribution in [0.25, 0.3) is 0 Å². The van der Waals surface area contributed by atoms with Gasteiger partial charge in [-0.25, -0.2) is 22.7 Å². The Kier molecular flexibility index (Phi) is 10.9. The number of ether oxygens (including phenoxy) is 1. The van der Waals surface area contributed by atoms with Crippen molar-refractivity contribution in [2.45, 2.75) is 36.6 Å². The second-order valence-electron chi connectivity index (χ2n) is 8.80. The Bertz CT molecular complexity index is 1230. The van der Waals surface area contributed by atoms with Gasteiger partial charge >= 0.3 is 24.3 Å². The number of likely N-dealkylation sites (tertiary alicyclic amines) is 1. The van der Waals surface area contributed by atoms with E-state index in [4.69, 9.17) is 24.5 Å². The van der Waals surface area contributed by atoms with Gasteiger partial charge in [-0.15, -0.1) is 0 Å². The quantitative estimate of drug-likeness (QED) is 0.442. The van der Waals surface area contributed by atoms with Crippen LogP contribution in [0, 0.1) is 5.41 Å². The van der Waals surface area contributed by atoms with Crippen molar-refractivity contribution in [2.75, 3.05) is 26.2 Å². The number of carboxylic acid groups (broad SMARTS) is 2. The fourth-order valence-electron chi connectivity index (χ4n) is 3.65. The number of fused-ring (bicyclic) bond motifs is 1. The van der Waals surface area contributed by atoms with Gasteiger partial charge in [-0.1, -0.05) is 12.1 Å². The summed E-state index contributed by atoms with van der Waals surface area (Å²) in [6, 6.07) is 10.9. The number of aliphatic carboxylic acids is 2. The van der Waals surface area contributed by atoms with Crippen molar-refractivity contribution in [2.24, 2.45) is 5.41 Å². The van der Waals surface area contributed by atoms with Gasteiger partial charge in [0.25, 0.3) is 0 Å². The summed E-state index contributed by atoms with van der Waals surface area (Å²) in [6.45, 7) is 3.71. The first-order valence-corrected chi connectivity index (χ1v) is 12.9. The molecule has 1 spiro atoms. The molecule has 2 aliphatic rings. The van der Waals surface area contributed by atoms with E-state index in [9.17, 15) is 34.8 Å². The maximum atomic E-state index is 12.6. The molecule has 2 aromatic rings. The van der Waals surface area contributed by atoms with Crippen molar-refractivity contribution in [1.82, 2.24) is 14.6 Å². The van der Waals surface area contributed by atoms with Gasteiger partial charge in [-0.3, -0.25) is 9.88 Å². The molecule has 0 amide bonds. The Morgan fingerprint density at radius 2 is 1.45 bits per heavy atom.